The van der Waals surface area contributed by atoms with E-state index in [1.54, 1.807) is 11.3 Å². The smallest absolute Gasteiger partial charge is 0.253 e. The van der Waals surface area contributed by atoms with Crippen molar-refractivity contribution >= 4 is 27.5 Å². The van der Waals surface area contributed by atoms with Gasteiger partial charge in [-0.05, 0) is 18.2 Å². The number of carbonyl (C=O) groups is 1. The summed E-state index contributed by atoms with van der Waals surface area (Å²) in [4.78, 5) is 25.8. The summed E-state index contributed by atoms with van der Waals surface area (Å²) >= 11 is 1.58. The second-order valence-electron chi connectivity index (χ2n) is 6.56. The predicted octanol–water partition coefficient (Wildman–Crippen LogP) is 2.51. The Balaban J connectivity index is 1.32. The molecule has 0 aliphatic carbocycles. The average Bonchev–Trinajstić information content (AvgIpc) is 3.34. The number of nitrogens with zero attached hydrogens (tertiary/aromatic N) is 5. The van der Waals surface area contributed by atoms with Crippen molar-refractivity contribution in [3.63, 3.8) is 0 Å². The molecule has 0 unspecified atom stereocenters. The number of amides is 1. The van der Waals surface area contributed by atoms with Gasteiger partial charge in [0.1, 0.15) is 5.82 Å². The Morgan fingerprint density at radius 2 is 2.00 bits per heavy atom. The van der Waals surface area contributed by atoms with Crippen molar-refractivity contribution < 1.29 is 4.79 Å². The van der Waals surface area contributed by atoms with Crippen molar-refractivity contribution in [2.45, 2.75) is 19.9 Å². The van der Waals surface area contributed by atoms with Gasteiger partial charge in [-0.3, -0.25) is 9.69 Å². The highest BCUT2D eigenvalue weighted by atomic mass is 32.1. The van der Waals surface area contributed by atoms with E-state index in [1.807, 2.05) is 41.0 Å². The monoisotopic (exact) mass is 369 g/mol. The molecule has 1 fully saturated rings. The van der Waals surface area contributed by atoms with Gasteiger partial charge in [0.05, 0.1) is 15.7 Å². The molecule has 4 rings (SSSR count). The van der Waals surface area contributed by atoms with Crippen LogP contribution in [0.3, 0.4) is 0 Å². The molecule has 3 heterocycles. The summed E-state index contributed by atoms with van der Waals surface area (Å²) in [5.74, 6) is 1.26. The van der Waals surface area contributed by atoms with Gasteiger partial charge in [0.25, 0.3) is 5.91 Å². The molecule has 0 N–H and O–H groups in total. The first-order valence-electron chi connectivity index (χ1n) is 9.09. The fraction of sp³-hybridized carbons (Fsp3) is 0.421. The number of fused-ring (bicyclic) bond motifs is 1. The molecule has 1 aliphatic rings. The molecule has 0 atom stereocenters. The molecule has 1 aromatic carbocycles. The highest BCUT2D eigenvalue weighted by molar-refractivity contribution is 7.16. The molecule has 7 heteroatoms. The lowest BCUT2D eigenvalue weighted by molar-refractivity contribution is 0.0633. The number of aromatic nitrogens is 3. The Morgan fingerprint density at radius 1 is 1.15 bits per heavy atom. The van der Waals surface area contributed by atoms with Crippen LogP contribution in [0.25, 0.3) is 10.2 Å². The van der Waals surface area contributed by atoms with Gasteiger partial charge in [-0.2, -0.15) is 0 Å². The first-order valence-corrected chi connectivity index (χ1v) is 9.97. The van der Waals surface area contributed by atoms with E-state index in [2.05, 4.69) is 26.4 Å². The standard InChI is InChI=1S/C19H23N5OS/c1-2-18-20-5-6-23(18)10-7-22-8-11-24(12-9-22)19(25)15-3-4-16-17(13-15)26-14-21-16/h3-6,13-14H,2,7-12H2,1H3. The number of rotatable bonds is 5. The maximum atomic E-state index is 12.8. The maximum Gasteiger partial charge on any atom is 0.253 e. The SMILES string of the molecule is CCc1nccn1CCN1CCN(C(=O)c2ccc3ncsc3c2)CC1. The van der Waals surface area contributed by atoms with Gasteiger partial charge in [-0.15, -0.1) is 11.3 Å². The third-order valence-corrected chi connectivity index (χ3v) is 5.80. The van der Waals surface area contributed by atoms with Crippen molar-refractivity contribution in [1.29, 1.82) is 0 Å². The number of aryl methyl sites for hydroxylation is 1. The van der Waals surface area contributed by atoms with Gasteiger partial charge < -0.3 is 9.47 Å². The number of thiazole rings is 1. The van der Waals surface area contributed by atoms with Gasteiger partial charge in [-0.1, -0.05) is 6.92 Å². The van der Waals surface area contributed by atoms with E-state index in [4.69, 9.17) is 0 Å². The van der Waals surface area contributed by atoms with Crippen LogP contribution < -0.4 is 0 Å². The molecule has 1 amide bonds. The minimum absolute atomic E-state index is 0.128. The lowest BCUT2D eigenvalue weighted by atomic mass is 10.1. The lowest BCUT2D eigenvalue weighted by Gasteiger charge is -2.34. The number of imidazole rings is 1. The molecule has 0 saturated carbocycles. The summed E-state index contributed by atoms with van der Waals surface area (Å²) in [6.45, 7) is 7.49. The molecule has 3 aromatic rings. The summed E-state index contributed by atoms with van der Waals surface area (Å²) < 4.78 is 3.29. The molecular formula is C19H23N5OS. The molecule has 1 saturated heterocycles. The average molecular weight is 369 g/mol. The highest BCUT2D eigenvalue weighted by Gasteiger charge is 2.22. The third kappa shape index (κ3) is 3.50. The zero-order valence-corrected chi connectivity index (χ0v) is 15.8. The van der Waals surface area contributed by atoms with Crippen LogP contribution in [-0.4, -0.2) is 63.0 Å². The molecule has 0 radical (unpaired) electrons. The Bertz CT molecular complexity index is 894. The molecule has 0 bridgehead atoms. The van der Waals surface area contributed by atoms with Crippen molar-refractivity contribution in [2.75, 3.05) is 32.7 Å². The summed E-state index contributed by atoms with van der Waals surface area (Å²) in [6.07, 6.45) is 4.88. The fourth-order valence-electron chi connectivity index (χ4n) is 3.45. The van der Waals surface area contributed by atoms with Crippen LogP contribution in [0.4, 0.5) is 0 Å². The van der Waals surface area contributed by atoms with Crippen molar-refractivity contribution in [3.8, 4) is 0 Å². The Kier molecular flexibility index (Phi) is 4.99. The number of hydrogen-bond donors (Lipinski definition) is 0. The van der Waals surface area contributed by atoms with Crippen LogP contribution in [0.15, 0.2) is 36.1 Å². The number of benzene rings is 1. The first kappa shape index (κ1) is 17.2. The van der Waals surface area contributed by atoms with Gasteiger partial charge in [0, 0.05) is 63.6 Å². The van der Waals surface area contributed by atoms with Crippen LogP contribution >= 0.6 is 11.3 Å². The summed E-state index contributed by atoms with van der Waals surface area (Å²) in [5.41, 5.74) is 3.55. The summed E-state index contributed by atoms with van der Waals surface area (Å²) in [5, 5.41) is 0. The molecule has 26 heavy (non-hydrogen) atoms. The second-order valence-corrected chi connectivity index (χ2v) is 7.45. The third-order valence-electron chi connectivity index (χ3n) is 5.01. The largest absolute Gasteiger partial charge is 0.336 e. The maximum absolute atomic E-state index is 12.8. The van der Waals surface area contributed by atoms with E-state index < -0.39 is 0 Å². The minimum atomic E-state index is 0.128. The second kappa shape index (κ2) is 7.55. The summed E-state index contributed by atoms with van der Waals surface area (Å²) in [6, 6.07) is 5.79. The topological polar surface area (TPSA) is 54.3 Å². The number of piperazine rings is 1. The van der Waals surface area contributed by atoms with Crippen LogP contribution in [0, 0.1) is 0 Å². The Labute approximate surface area is 157 Å². The molecule has 0 spiro atoms. The zero-order valence-electron chi connectivity index (χ0n) is 15.0. The molecule has 6 nitrogen and oxygen atoms in total. The minimum Gasteiger partial charge on any atom is -0.336 e. The van der Waals surface area contributed by atoms with Crippen molar-refractivity contribution in [3.05, 3.63) is 47.5 Å². The van der Waals surface area contributed by atoms with Gasteiger partial charge in [0.15, 0.2) is 0 Å². The van der Waals surface area contributed by atoms with Gasteiger partial charge in [0.2, 0.25) is 0 Å². The van der Waals surface area contributed by atoms with Crippen LogP contribution in [0.2, 0.25) is 0 Å². The quantitative estimate of drug-likeness (QED) is 0.693. The Morgan fingerprint density at radius 3 is 2.81 bits per heavy atom. The van der Waals surface area contributed by atoms with Crippen molar-refractivity contribution in [1.82, 2.24) is 24.3 Å². The fourth-order valence-corrected chi connectivity index (χ4v) is 4.17. The molecular weight excluding hydrogens is 346 g/mol. The van der Waals surface area contributed by atoms with E-state index in [0.29, 0.717) is 0 Å². The normalized spacial score (nSPS) is 15.7. The number of carbonyl (C=O) groups excluding carboxylic acids is 1. The van der Waals surface area contributed by atoms with Crippen LogP contribution in [0.5, 0.6) is 0 Å². The van der Waals surface area contributed by atoms with Crippen LogP contribution in [-0.2, 0) is 13.0 Å². The lowest BCUT2D eigenvalue weighted by Crippen LogP contribution is -2.49. The van der Waals surface area contributed by atoms with Gasteiger partial charge in [-0.25, -0.2) is 9.97 Å². The van der Waals surface area contributed by atoms with E-state index in [1.165, 1.54) is 0 Å². The van der Waals surface area contributed by atoms with E-state index in [-0.39, 0.29) is 5.91 Å². The zero-order chi connectivity index (χ0) is 17.9. The number of hydrogen-bond acceptors (Lipinski definition) is 5. The van der Waals surface area contributed by atoms with E-state index in [0.717, 1.165) is 67.3 Å². The van der Waals surface area contributed by atoms with E-state index in [9.17, 15) is 4.79 Å². The molecule has 136 valence electrons. The summed E-state index contributed by atoms with van der Waals surface area (Å²) in [7, 11) is 0. The first-order chi connectivity index (χ1) is 12.7. The highest BCUT2D eigenvalue weighted by Crippen LogP contribution is 2.20. The van der Waals surface area contributed by atoms with Crippen molar-refractivity contribution in [2.24, 2.45) is 0 Å². The van der Waals surface area contributed by atoms with Gasteiger partial charge >= 0.3 is 0 Å². The van der Waals surface area contributed by atoms with E-state index >= 15 is 0 Å². The molecule has 1 aliphatic heterocycles. The Hall–Kier alpha value is -2.25. The van der Waals surface area contributed by atoms with Crippen LogP contribution in [0.1, 0.15) is 23.1 Å². The molecule has 2 aromatic heterocycles. The predicted molar refractivity (Wildman–Crippen MR) is 104 cm³/mol.